The van der Waals surface area contributed by atoms with Crippen LogP contribution < -0.4 is 5.32 Å². The van der Waals surface area contributed by atoms with Crippen LogP contribution in [0.15, 0.2) is 36.4 Å². The number of imide groups is 1. The van der Waals surface area contributed by atoms with Crippen LogP contribution in [-0.4, -0.2) is 40.3 Å². The number of hydrogen-bond donors (Lipinski definition) is 1. The molecule has 37 heavy (non-hydrogen) atoms. The van der Waals surface area contributed by atoms with E-state index < -0.39 is 17.7 Å². The zero-order chi connectivity index (χ0) is 25.1. The van der Waals surface area contributed by atoms with Crippen LogP contribution in [0.2, 0.25) is 0 Å². The van der Waals surface area contributed by atoms with Crippen molar-refractivity contribution in [2.45, 2.75) is 13.1 Å². The van der Waals surface area contributed by atoms with Crippen molar-refractivity contribution in [3.05, 3.63) is 74.7 Å². The average Bonchev–Trinajstić information content (AvgIpc) is 3.19. The minimum absolute atomic E-state index is 0.0899. The van der Waals surface area contributed by atoms with E-state index in [-0.39, 0.29) is 12.5 Å². The number of fused-ring (bicyclic) bond motifs is 4. The minimum atomic E-state index is -0.579. The van der Waals surface area contributed by atoms with Crippen LogP contribution >= 0.6 is 0 Å². The van der Waals surface area contributed by atoms with Gasteiger partial charge in [0.2, 0.25) is 6.54 Å². The second kappa shape index (κ2) is 5.70. The molecule has 8 nitrogen and oxygen atoms in total. The van der Waals surface area contributed by atoms with E-state index in [2.05, 4.69) is 5.32 Å². The number of nitrogens with zero attached hydrogens (tertiary/aromatic N) is 2. The number of benzene rings is 6. The lowest BCUT2D eigenvalue weighted by Crippen LogP contribution is -2.34. The zero-order valence-corrected chi connectivity index (χ0v) is 19.3. The maximum absolute atomic E-state index is 13.5. The number of nitroso groups, excluding NO2 is 1. The maximum Gasteiger partial charge on any atom is 0.466 e. The second-order valence-electron chi connectivity index (χ2n) is 10.3. The Bertz CT molecular complexity index is 2230. The van der Waals surface area contributed by atoms with E-state index in [1.165, 1.54) is 0 Å². The Morgan fingerprint density at radius 1 is 0.730 bits per heavy atom. The standard InChI is InChI=1S/C29H13N3O5/c1-31-9-18-15-7-17-20-13(26(33)30-27(17)34)4-2-12-11-3-5-14-19-10(8-32(37)28(14)35)6-16(21(18)29(31)36)25(22(11)19)24(15)23(12)20/h2-7H,8-9H2,1H3/p+1. The van der Waals surface area contributed by atoms with Crippen LogP contribution in [0, 0.1) is 4.91 Å². The summed E-state index contributed by atoms with van der Waals surface area (Å²) in [7, 11) is 1.74. The van der Waals surface area contributed by atoms with Gasteiger partial charge in [-0.1, -0.05) is 12.1 Å². The Hall–Kier alpha value is -4.98. The average molecular weight is 484 g/mol. The fourth-order valence-electron chi connectivity index (χ4n) is 7.09. The molecule has 0 saturated heterocycles. The van der Waals surface area contributed by atoms with Crippen molar-refractivity contribution in [2.24, 2.45) is 0 Å². The molecule has 3 aliphatic heterocycles. The number of hydrogen-bond acceptors (Lipinski definition) is 5. The van der Waals surface area contributed by atoms with Gasteiger partial charge in [-0.2, -0.15) is 0 Å². The maximum atomic E-state index is 13.5. The van der Waals surface area contributed by atoms with Crippen molar-refractivity contribution in [2.75, 3.05) is 7.05 Å². The highest BCUT2D eigenvalue weighted by atomic mass is 16.3. The highest BCUT2D eigenvalue weighted by Gasteiger charge is 2.39. The van der Waals surface area contributed by atoms with E-state index in [9.17, 15) is 24.1 Å². The van der Waals surface area contributed by atoms with Gasteiger partial charge >= 0.3 is 5.91 Å². The zero-order valence-electron chi connectivity index (χ0n) is 19.3. The highest BCUT2D eigenvalue weighted by Crippen LogP contribution is 2.52. The first-order valence-electron chi connectivity index (χ1n) is 12.0. The molecule has 174 valence electrons. The van der Waals surface area contributed by atoms with E-state index in [4.69, 9.17) is 0 Å². The van der Waals surface area contributed by atoms with E-state index >= 15 is 0 Å². The van der Waals surface area contributed by atoms with Gasteiger partial charge < -0.3 is 4.90 Å². The predicted molar refractivity (Wildman–Crippen MR) is 136 cm³/mol. The van der Waals surface area contributed by atoms with Crippen molar-refractivity contribution in [1.29, 1.82) is 0 Å². The minimum Gasteiger partial charge on any atom is -0.337 e. The Morgan fingerprint density at radius 2 is 1.38 bits per heavy atom. The largest absolute Gasteiger partial charge is 0.466 e. The molecule has 0 unspecified atom stereocenters. The first-order valence-corrected chi connectivity index (χ1v) is 12.0. The molecule has 0 aromatic heterocycles. The third-order valence-corrected chi connectivity index (χ3v) is 8.53. The summed E-state index contributed by atoms with van der Waals surface area (Å²) in [4.78, 5) is 66.4. The quantitative estimate of drug-likeness (QED) is 0.150. The van der Waals surface area contributed by atoms with Crippen LogP contribution in [0.1, 0.15) is 52.6 Å². The summed E-state index contributed by atoms with van der Waals surface area (Å²) < 4.78 is 0.463. The van der Waals surface area contributed by atoms with Gasteiger partial charge in [0, 0.05) is 46.0 Å². The lowest BCUT2D eigenvalue weighted by atomic mass is 9.77. The van der Waals surface area contributed by atoms with Crippen LogP contribution in [0.5, 0.6) is 0 Å². The predicted octanol–water partition coefficient (Wildman–Crippen LogP) is 4.23. The summed E-state index contributed by atoms with van der Waals surface area (Å²) in [6.45, 7) is 0.293. The van der Waals surface area contributed by atoms with Gasteiger partial charge in [0.1, 0.15) is 5.56 Å². The first-order chi connectivity index (χ1) is 17.8. The lowest BCUT2D eigenvalue weighted by Gasteiger charge is -2.25. The fraction of sp³-hybridized carbons (Fsp3) is 0.103. The smallest absolute Gasteiger partial charge is 0.337 e. The molecule has 8 heteroatoms. The Morgan fingerprint density at radius 3 is 2.16 bits per heavy atom. The molecular formula is C29H14N3O5+. The molecule has 0 atom stereocenters. The molecule has 0 fully saturated rings. The van der Waals surface area contributed by atoms with Crippen LogP contribution in [0.25, 0.3) is 53.9 Å². The summed E-state index contributed by atoms with van der Waals surface area (Å²) >= 11 is 0. The van der Waals surface area contributed by atoms with E-state index in [0.717, 1.165) is 54.0 Å². The van der Waals surface area contributed by atoms with Crippen molar-refractivity contribution in [1.82, 2.24) is 10.2 Å². The molecule has 0 spiro atoms. The van der Waals surface area contributed by atoms with Gasteiger partial charge in [-0.15, -0.1) is 0 Å². The van der Waals surface area contributed by atoms with Crippen LogP contribution in [0.4, 0.5) is 0 Å². The Labute approximate surface area is 206 Å². The van der Waals surface area contributed by atoms with Crippen LogP contribution in [0.3, 0.4) is 0 Å². The SMILES string of the molecule is CN1Cc2c(c3cc4c5c(ccc6c7ccc8c9c(cc2c(c97)c3c56)C(=O)NC8=O)C(=O)[N+](=O)C4)C1=O. The van der Waals surface area contributed by atoms with Crippen molar-refractivity contribution in [3.63, 3.8) is 0 Å². The van der Waals surface area contributed by atoms with E-state index in [0.29, 0.717) is 44.5 Å². The van der Waals surface area contributed by atoms with E-state index in [1.54, 1.807) is 24.1 Å². The molecule has 0 aliphatic carbocycles. The number of amides is 4. The normalized spacial score (nSPS) is 17.0. The molecule has 9 rings (SSSR count). The Balaban J connectivity index is 1.69. The number of carbonyl (C=O) groups excluding carboxylic acids is 4. The third-order valence-electron chi connectivity index (χ3n) is 8.53. The summed E-state index contributed by atoms with van der Waals surface area (Å²) in [6, 6.07) is 10.8. The number of rotatable bonds is 0. The molecule has 0 bridgehead atoms. The van der Waals surface area contributed by atoms with Gasteiger partial charge in [0.25, 0.3) is 17.7 Å². The first kappa shape index (κ1) is 19.2. The third kappa shape index (κ3) is 1.91. The van der Waals surface area contributed by atoms with Gasteiger partial charge in [-0.05, 0) is 72.9 Å². The van der Waals surface area contributed by atoms with Crippen molar-refractivity contribution >= 4 is 77.5 Å². The molecular weight excluding hydrogens is 470 g/mol. The van der Waals surface area contributed by atoms with Gasteiger partial charge in [0.15, 0.2) is 0 Å². The molecule has 1 N–H and O–H groups in total. The molecule has 0 saturated carbocycles. The van der Waals surface area contributed by atoms with Gasteiger partial charge in [0.05, 0.1) is 10.3 Å². The summed E-state index contributed by atoms with van der Waals surface area (Å²) in [5, 5.41) is 10.4. The number of carbonyl (C=O) groups is 4. The molecule has 4 amide bonds. The molecule has 0 radical (unpaired) electrons. The highest BCUT2D eigenvalue weighted by molar-refractivity contribution is 6.46. The monoisotopic (exact) mass is 484 g/mol. The molecule has 3 heterocycles. The molecule has 3 aliphatic rings. The van der Waals surface area contributed by atoms with E-state index in [1.807, 2.05) is 24.3 Å². The fourth-order valence-corrected chi connectivity index (χ4v) is 7.09. The summed E-state index contributed by atoms with van der Waals surface area (Å²) in [5.41, 5.74) is 3.29. The van der Waals surface area contributed by atoms with Crippen LogP contribution in [-0.2, 0) is 13.1 Å². The second-order valence-corrected chi connectivity index (χ2v) is 10.3. The summed E-state index contributed by atoms with van der Waals surface area (Å²) in [5.74, 6) is -1.60. The van der Waals surface area contributed by atoms with Gasteiger partial charge in [-0.25, -0.2) is 4.79 Å². The molecule has 6 aromatic carbocycles. The lowest BCUT2D eigenvalue weighted by molar-refractivity contribution is -0.467. The Kier molecular flexibility index (Phi) is 2.96. The van der Waals surface area contributed by atoms with Crippen molar-refractivity contribution < 1.29 is 23.9 Å². The van der Waals surface area contributed by atoms with Crippen molar-refractivity contribution in [3.8, 4) is 0 Å². The number of nitrogens with one attached hydrogen (secondary N) is 1. The summed E-state index contributed by atoms with van der Waals surface area (Å²) in [6.07, 6.45) is 0. The topological polar surface area (TPSA) is 104 Å². The molecule has 6 aromatic rings. The van der Waals surface area contributed by atoms with Gasteiger partial charge in [-0.3, -0.25) is 19.7 Å².